The number of carbonyl (C=O) groups is 1. The van der Waals surface area contributed by atoms with Gasteiger partial charge in [0, 0.05) is 37.0 Å². The van der Waals surface area contributed by atoms with Gasteiger partial charge in [0.1, 0.15) is 11.6 Å². The van der Waals surface area contributed by atoms with Crippen molar-refractivity contribution >= 4 is 17.2 Å². The summed E-state index contributed by atoms with van der Waals surface area (Å²) in [6.07, 6.45) is 2.86. The van der Waals surface area contributed by atoms with E-state index in [0.717, 1.165) is 37.5 Å². The number of nitrogens with zero attached hydrogens (tertiary/aromatic N) is 4. The molecule has 1 aliphatic heterocycles. The number of hydrogen-bond acceptors (Lipinski definition) is 5. The third kappa shape index (κ3) is 4.20. The van der Waals surface area contributed by atoms with Gasteiger partial charge < -0.3 is 10.1 Å². The van der Waals surface area contributed by atoms with Crippen LogP contribution in [0.15, 0.2) is 72.9 Å². The van der Waals surface area contributed by atoms with Crippen LogP contribution < -0.4 is 10.1 Å². The van der Waals surface area contributed by atoms with Crippen molar-refractivity contribution in [2.45, 2.75) is 18.9 Å². The lowest BCUT2D eigenvalue weighted by Gasteiger charge is -2.15. The number of likely N-dealkylation sites (tertiary alicyclic amines) is 1. The molecule has 32 heavy (non-hydrogen) atoms. The van der Waals surface area contributed by atoms with Crippen molar-refractivity contribution in [3.8, 4) is 5.75 Å². The maximum Gasteiger partial charge on any atom is 0.257 e. The van der Waals surface area contributed by atoms with Gasteiger partial charge in [0.05, 0.1) is 12.7 Å². The van der Waals surface area contributed by atoms with Crippen molar-refractivity contribution in [1.29, 1.82) is 0 Å². The van der Waals surface area contributed by atoms with Gasteiger partial charge in [-0.1, -0.05) is 36.4 Å². The molecule has 2 aromatic carbocycles. The average Bonchev–Trinajstić information content (AvgIpc) is 3.46. The van der Waals surface area contributed by atoms with Crippen LogP contribution in [-0.4, -0.2) is 45.6 Å². The Bertz CT molecular complexity index is 1240. The Balaban J connectivity index is 1.33. The molecule has 7 nitrogen and oxygen atoms in total. The van der Waals surface area contributed by atoms with Gasteiger partial charge in [-0.15, -0.1) is 10.2 Å². The molecule has 0 radical (unpaired) electrons. The molecule has 4 aromatic rings. The SMILES string of the molecule is COc1cccc(NC(=O)c2ccc3nnc([C@@H]4CCN(Cc5ccccc5)C4)n3c2)c1. The molecule has 0 saturated carbocycles. The van der Waals surface area contributed by atoms with E-state index in [1.807, 2.05) is 40.9 Å². The molecule has 0 bridgehead atoms. The van der Waals surface area contributed by atoms with Gasteiger partial charge in [-0.05, 0) is 42.8 Å². The van der Waals surface area contributed by atoms with Gasteiger partial charge in [0.25, 0.3) is 5.91 Å². The highest BCUT2D eigenvalue weighted by Gasteiger charge is 2.27. The van der Waals surface area contributed by atoms with Crippen molar-refractivity contribution in [2.24, 2.45) is 0 Å². The number of amides is 1. The Hall–Kier alpha value is -3.71. The lowest BCUT2D eigenvalue weighted by Crippen LogP contribution is -2.20. The van der Waals surface area contributed by atoms with Gasteiger partial charge in [-0.25, -0.2) is 0 Å². The van der Waals surface area contributed by atoms with E-state index in [4.69, 9.17) is 4.74 Å². The molecular weight excluding hydrogens is 402 g/mol. The molecule has 1 saturated heterocycles. The zero-order chi connectivity index (χ0) is 21.9. The third-order valence-electron chi connectivity index (χ3n) is 5.91. The van der Waals surface area contributed by atoms with Crippen LogP contribution in [0.2, 0.25) is 0 Å². The number of aromatic nitrogens is 3. The molecule has 2 aromatic heterocycles. The monoisotopic (exact) mass is 427 g/mol. The molecule has 0 unspecified atom stereocenters. The van der Waals surface area contributed by atoms with Crippen LogP contribution in [0.5, 0.6) is 5.75 Å². The summed E-state index contributed by atoms with van der Waals surface area (Å²) in [7, 11) is 1.60. The van der Waals surface area contributed by atoms with Crippen LogP contribution in [0.25, 0.3) is 5.65 Å². The smallest absolute Gasteiger partial charge is 0.257 e. The van der Waals surface area contributed by atoms with Crippen molar-refractivity contribution in [3.05, 3.63) is 89.9 Å². The van der Waals surface area contributed by atoms with E-state index in [-0.39, 0.29) is 11.8 Å². The van der Waals surface area contributed by atoms with Crippen molar-refractivity contribution in [2.75, 3.05) is 25.5 Å². The Morgan fingerprint density at radius 3 is 2.81 bits per heavy atom. The second-order valence-electron chi connectivity index (χ2n) is 8.10. The number of ether oxygens (including phenoxy) is 1. The zero-order valence-corrected chi connectivity index (χ0v) is 17.9. The summed E-state index contributed by atoms with van der Waals surface area (Å²) < 4.78 is 7.19. The summed E-state index contributed by atoms with van der Waals surface area (Å²) in [6, 6.07) is 21.4. The molecular formula is C25H25N5O2. The molecule has 1 aliphatic rings. The van der Waals surface area contributed by atoms with E-state index in [2.05, 4.69) is 44.7 Å². The highest BCUT2D eigenvalue weighted by atomic mass is 16.5. The predicted octanol–water partition coefficient (Wildman–Crippen LogP) is 3.98. The molecule has 1 fully saturated rings. The topological polar surface area (TPSA) is 71.8 Å². The molecule has 1 amide bonds. The van der Waals surface area contributed by atoms with Crippen LogP contribution in [0.3, 0.4) is 0 Å². The highest BCUT2D eigenvalue weighted by Crippen LogP contribution is 2.28. The Morgan fingerprint density at radius 1 is 1.09 bits per heavy atom. The largest absolute Gasteiger partial charge is 0.497 e. The number of pyridine rings is 1. The fourth-order valence-electron chi connectivity index (χ4n) is 4.25. The first kappa shape index (κ1) is 20.2. The first-order chi connectivity index (χ1) is 15.7. The standard InChI is InChI=1S/C25H25N5O2/c1-32-22-9-5-8-21(14-22)26-25(31)20-10-11-23-27-28-24(30(23)17-20)19-12-13-29(16-19)15-18-6-3-2-4-7-18/h2-11,14,17,19H,12-13,15-16H2,1H3,(H,26,31)/t19-/m1/s1. The van der Waals surface area contributed by atoms with E-state index in [1.54, 1.807) is 19.2 Å². The lowest BCUT2D eigenvalue weighted by atomic mass is 10.1. The molecule has 162 valence electrons. The maximum absolute atomic E-state index is 12.9. The summed E-state index contributed by atoms with van der Waals surface area (Å²) in [4.78, 5) is 15.3. The van der Waals surface area contributed by atoms with E-state index >= 15 is 0 Å². The zero-order valence-electron chi connectivity index (χ0n) is 17.9. The fourth-order valence-corrected chi connectivity index (χ4v) is 4.25. The van der Waals surface area contributed by atoms with Gasteiger partial charge in [-0.3, -0.25) is 14.1 Å². The number of nitrogens with one attached hydrogen (secondary N) is 1. The number of methoxy groups -OCH3 is 1. The highest BCUT2D eigenvalue weighted by molar-refractivity contribution is 6.04. The number of anilines is 1. The quantitative estimate of drug-likeness (QED) is 0.504. The molecule has 3 heterocycles. The van der Waals surface area contributed by atoms with Gasteiger partial charge in [0.2, 0.25) is 0 Å². The molecule has 1 N–H and O–H groups in total. The Kier molecular flexibility index (Phi) is 5.56. The van der Waals surface area contributed by atoms with Crippen LogP contribution in [0.4, 0.5) is 5.69 Å². The number of hydrogen-bond donors (Lipinski definition) is 1. The number of fused-ring (bicyclic) bond motifs is 1. The molecule has 5 rings (SSSR count). The summed E-state index contributed by atoms with van der Waals surface area (Å²) in [5.41, 5.74) is 3.31. The Labute approximate surface area is 186 Å². The molecule has 1 atom stereocenters. The van der Waals surface area contributed by atoms with Gasteiger partial charge >= 0.3 is 0 Å². The van der Waals surface area contributed by atoms with E-state index in [0.29, 0.717) is 17.0 Å². The summed E-state index contributed by atoms with van der Waals surface area (Å²) in [5, 5.41) is 11.7. The first-order valence-corrected chi connectivity index (χ1v) is 10.8. The van der Waals surface area contributed by atoms with Gasteiger partial charge in [0.15, 0.2) is 5.65 Å². The Morgan fingerprint density at radius 2 is 1.97 bits per heavy atom. The third-order valence-corrected chi connectivity index (χ3v) is 5.91. The molecule has 0 aliphatic carbocycles. The van der Waals surface area contributed by atoms with Crippen LogP contribution in [0.1, 0.15) is 34.1 Å². The minimum absolute atomic E-state index is 0.183. The minimum Gasteiger partial charge on any atom is -0.497 e. The van der Waals surface area contributed by atoms with Crippen molar-refractivity contribution in [3.63, 3.8) is 0 Å². The van der Waals surface area contributed by atoms with E-state index in [1.165, 1.54) is 5.56 Å². The van der Waals surface area contributed by atoms with E-state index < -0.39 is 0 Å². The van der Waals surface area contributed by atoms with Crippen LogP contribution in [-0.2, 0) is 6.54 Å². The summed E-state index contributed by atoms with van der Waals surface area (Å²) in [6.45, 7) is 2.88. The lowest BCUT2D eigenvalue weighted by molar-refractivity contribution is 0.102. The maximum atomic E-state index is 12.9. The van der Waals surface area contributed by atoms with E-state index in [9.17, 15) is 4.79 Å². The number of benzene rings is 2. The predicted molar refractivity (Wildman–Crippen MR) is 123 cm³/mol. The number of carbonyl (C=O) groups excluding carboxylic acids is 1. The second-order valence-corrected chi connectivity index (χ2v) is 8.10. The van der Waals surface area contributed by atoms with Crippen molar-refractivity contribution < 1.29 is 9.53 Å². The van der Waals surface area contributed by atoms with Gasteiger partial charge in [-0.2, -0.15) is 0 Å². The van der Waals surface area contributed by atoms with Crippen molar-refractivity contribution in [1.82, 2.24) is 19.5 Å². The van der Waals surface area contributed by atoms with Crippen LogP contribution >= 0.6 is 0 Å². The summed E-state index contributed by atoms with van der Waals surface area (Å²) >= 11 is 0. The summed E-state index contributed by atoms with van der Waals surface area (Å²) in [5.74, 6) is 1.70. The normalized spacial score (nSPS) is 16.3. The molecule has 0 spiro atoms. The second kappa shape index (κ2) is 8.80. The fraction of sp³-hybridized carbons (Fsp3) is 0.240. The van der Waals surface area contributed by atoms with Crippen LogP contribution in [0, 0.1) is 0 Å². The molecule has 7 heteroatoms. The average molecular weight is 428 g/mol. The number of rotatable bonds is 6. The first-order valence-electron chi connectivity index (χ1n) is 10.8. The minimum atomic E-state index is -0.183.